The Morgan fingerprint density at radius 2 is 2.00 bits per heavy atom. The number of anilines is 1. The summed E-state index contributed by atoms with van der Waals surface area (Å²) in [5.74, 6) is -0.948. The summed E-state index contributed by atoms with van der Waals surface area (Å²) in [5.41, 5.74) is 1.53. The van der Waals surface area contributed by atoms with Crippen molar-refractivity contribution in [3.05, 3.63) is 53.5 Å². The fraction of sp³-hybridized carbons (Fsp3) is 0.400. The lowest BCUT2D eigenvalue weighted by Crippen LogP contribution is -2.36. The zero-order valence-corrected chi connectivity index (χ0v) is 16.9. The van der Waals surface area contributed by atoms with E-state index in [9.17, 15) is 18.0 Å². The maximum atomic E-state index is 13.2. The van der Waals surface area contributed by atoms with E-state index in [1.54, 1.807) is 35.1 Å². The minimum Gasteiger partial charge on any atom is -0.481 e. The summed E-state index contributed by atoms with van der Waals surface area (Å²) in [5, 5.41) is 15.7. The fourth-order valence-electron chi connectivity index (χ4n) is 3.14. The fourth-order valence-corrected chi connectivity index (χ4v) is 3.14. The van der Waals surface area contributed by atoms with E-state index in [-0.39, 0.29) is 39.8 Å². The van der Waals surface area contributed by atoms with Crippen LogP contribution in [0.5, 0.6) is 0 Å². The number of aliphatic carboxylic acids is 1. The van der Waals surface area contributed by atoms with Gasteiger partial charge in [0.05, 0.1) is 24.3 Å². The number of allylic oxidation sites excluding steroid dienone is 1. The lowest BCUT2D eigenvalue weighted by Gasteiger charge is -2.31. The van der Waals surface area contributed by atoms with Crippen molar-refractivity contribution in [3.63, 3.8) is 0 Å². The molecule has 2 N–H and O–H groups in total. The number of rotatable bonds is 5. The van der Waals surface area contributed by atoms with Gasteiger partial charge < -0.3 is 19.5 Å². The molecule has 0 aliphatic carbocycles. The van der Waals surface area contributed by atoms with E-state index in [4.69, 9.17) is 14.6 Å². The van der Waals surface area contributed by atoms with Gasteiger partial charge in [-0.15, -0.1) is 0 Å². The maximum absolute atomic E-state index is 13.2. The molecule has 0 atom stereocenters. The van der Waals surface area contributed by atoms with E-state index in [1.807, 2.05) is 0 Å². The van der Waals surface area contributed by atoms with Crippen LogP contribution >= 0.6 is 0 Å². The highest BCUT2D eigenvalue weighted by molar-refractivity contribution is 5.71. The Bertz CT molecular complexity index is 915. The van der Waals surface area contributed by atoms with Crippen molar-refractivity contribution in [2.45, 2.75) is 19.5 Å². The molecule has 31 heavy (non-hydrogen) atoms. The summed E-state index contributed by atoms with van der Waals surface area (Å²) in [4.78, 5) is 14.2. The molecule has 0 bridgehead atoms. The van der Waals surface area contributed by atoms with Crippen molar-refractivity contribution in [2.24, 2.45) is 0 Å². The van der Waals surface area contributed by atoms with Crippen molar-refractivity contribution < 1.29 is 32.5 Å². The second-order valence-electron chi connectivity index (χ2n) is 6.99. The van der Waals surface area contributed by atoms with E-state index in [0.717, 1.165) is 12.1 Å². The first-order valence-electron chi connectivity index (χ1n) is 9.49. The summed E-state index contributed by atoms with van der Waals surface area (Å²) in [7, 11) is 0. The van der Waals surface area contributed by atoms with Crippen LogP contribution in [0.1, 0.15) is 24.6 Å². The second kappa shape index (κ2) is 9.94. The molecule has 0 saturated heterocycles. The first kappa shape index (κ1) is 22.8. The van der Waals surface area contributed by atoms with Gasteiger partial charge in [0.2, 0.25) is 0 Å². The number of carbonyl (C=O) groups is 1. The number of ether oxygens (including phenoxy) is 2. The van der Waals surface area contributed by atoms with E-state index in [2.05, 4.69) is 10.2 Å². The predicted octanol–water partition coefficient (Wildman–Crippen LogP) is 3.36. The monoisotopic (exact) mass is 440 g/mol. The van der Waals surface area contributed by atoms with Crippen LogP contribution in [0.15, 0.2) is 42.2 Å². The lowest BCUT2D eigenvalue weighted by molar-refractivity contribution is -0.139. The third kappa shape index (κ3) is 6.06. The average Bonchev–Trinajstić information content (AvgIpc) is 3.25. The molecule has 168 valence electrons. The maximum Gasteiger partial charge on any atom is 0.416 e. The highest BCUT2D eigenvalue weighted by Gasteiger charge is 2.31. The Labute approximate surface area is 176 Å². The van der Waals surface area contributed by atoms with Crippen molar-refractivity contribution in [3.8, 4) is 0 Å². The molecule has 1 aliphatic heterocycles. The quantitative estimate of drug-likeness (QED) is 0.737. The number of aromatic nitrogens is 2. The van der Waals surface area contributed by atoms with Crippen LogP contribution in [0.2, 0.25) is 0 Å². The van der Waals surface area contributed by atoms with Crippen LogP contribution in [0.25, 0.3) is 5.57 Å². The molecule has 0 fully saturated rings. The largest absolute Gasteiger partial charge is 0.481 e. The SMILES string of the molecule is C/C1=C(\c2ccn[nH]2)COCN(CCC(=O)O)COCN1c1cccc(C(F)(F)F)c1. The molecule has 0 saturated carbocycles. The van der Waals surface area contributed by atoms with E-state index >= 15 is 0 Å². The van der Waals surface area contributed by atoms with Crippen LogP contribution < -0.4 is 4.90 Å². The van der Waals surface area contributed by atoms with Gasteiger partial charge in [-0.3, -0.25) is 14.8 Å². The van der Waals surface area contributed by atoms with Gasteiger partial charge in [0, 0.05) is 29.7 Å². The van der Waals surface area contributed by atoms with Gasteiger partial charge >= 0.3 is 12.1 Å². The molecule has 0 amide bonds. The number of nitrogens with one attached hydrogen (secondary N) is 1. The normalized spacial score (nSPS) is 19.4. The number of hydrogen-bond acceptors (Lipinski definition) is 6. The molecular formula is C20H23F3N4O4. The Kier molecular flexibility index (Phi) is 7.31. The van der Waals surface area contributed by atoms with Crippen LogP contribution in [-0.2, 0) is 20.4 Å². The highest BCUT2D eigenvalue weighted by Crippen LogP contribution is 2.33. The first-order chi connectivity index (χ1) is 14.8. The van der Waals surface area contributed by atoms with Crippen LogP contribution in [-0.4, -0.2) is 59.5 Å². The molecule has 0 unspecified atom stereocenters. The Balaban J connectivity index is 1.95. The smallest absolute Gasteiger partial charge is 0.416 e. The van der Waals surface area contributed by atoms with Gasteiger partial charge in [-0.1, -0.05) is 6.07 Å². The molecular weight excluding hydrogens is 417 g/mol. The summed E-state index contributed by atoms with van der Waals surface area (Å²) >= 11 is 0. The molecule has 0 spiro atoms. The molecule has 3 rings (SSSR count). The van der Waals surface area contributed by atoms with Crippen molar-refractivity contribution >= 4 is 17.2 Å². The number of benzene rings is 1. The topological polar surface area (TPSA) is 90.9 Å². The van der Waals surface area contributed by atoms with E-state index < -0.39 is 17.7 Å². The molecule has 8 nitrogen and oxygen atoms in total. The summed E-state index contributed by atoms with van der Waals surface area (Å²) < 4.78 is 51.2. The number of nitrogens with zero attached hydrogens (tertiary/aromatic N) is 3. The van der Waals surface area contributed by atoms with Gasteiger partial charge in [-0.2, -0.15) is 18.3 Å². The average molecular weight is 440 g/mol. The third-order valence-electron chi connectivity index (χ3n) is 4.81. The van der Waals surface area contributed by atoms with Gasteiger partial charge in [0.25, 0.3) is 0 Å². The summed E-state index contributed by atoms with van der Waals surface area (Å²) in [6.07, 6.45) is -3.00. The first-order valence-corrected chi connectivity index (χ1v) is 9.49. The number of carboxylic acids is 1. The molecule has 11 heteroatoms. The van der Waals surface area contributed by atoms with E-state index in [0.29, 0.717) is 22.7 Å². The van der Waals surface area contributed by atoms with Gasteiger partial charge in [0.1, 0.15) is 20.2 Å². The molecule has 2 aromatic rings. The van der Waals surface area contributed by atoms with Crippen LogP contribution in [0.4, 0.5) is 18.9 Å². The number of H-pyrrole nitrogens is 1. The van der Waals surface area contributed by atoms with Gasteiger partial charge in [-0.05, 0) is 31.2 Å². The Morgan fingerprint density at radius 3 is 2.68 bits per heavy atom. The van der Waals surface area contributed by atoms with Crippen molar-refractivity contribution in [2.75, 3.05) is 38.2 Å². The minimum atomic E-state index is -4.48. The molecule has 0 radical (unpaired) electrons. The molecule has 2 heterocycles. The predicted molar refractivity (Wildman–Crippen MR) is 106 cm³/mol. The number of alkyl halides is 3. The summed E-state index contributed by atoms with van der Waals surface area (Å²) in [6, 6.07) is 6.72. The molecule has 1 aromatic heterocycles. The van der Waals surface area contributed by atoms with Gasteiger partial charge in [0.15, 0.2) is 0 Å². The Morgan fingerprint density at radius 1 is 1.23 bits per heavy atom. The van der Waals surface area contributed by atoms with E-state index in [1.165, 1.54) is 6.07 Å². The second-order valence-corrected chi connectivity index (χ2v) is 6.99. The highest BCUT2D eigenvalue weighted by atomic mass is 19.4. The Hall–Kier alpha value is -2.89. The number of carboxylic acid groups (broad SMARTS) is 1. The van der Waals surface area contributed by atoms with Gasteiger partial charge in [-0.25, -0.2) is 0 Å². The molecule has 1 aliphatic rings. The molecule has 1 aromatic carbocycles. The zero-order chi connectivity index (χ0) is 22.4. The standard InChI is InChI=1S/C20H23F3N4O4/c1-14-17(18-5-7-24-25-18)10-30-11-26(8-6-19(28)29)12-31-13-27(14)16-4-2-3-15(9-16)20(21,22)23/h2-5,7,9H,6,8,10-13H2,1H3,(H,24,25)(H,28,29)/b17-14+. The number of aromatic amines is 1. The third-order valence-corrected chi connectivity index (χ3v) is 4.81. The minimum absolute atomic E-state index is 0.0334. The van der Waals surface area contributed by atoms with Crippen LogP contribution in [0, 0.1) is 0 Å². The summed E-state index contributed by atoms with van der Waals surface area (Å²) in [6.45, 7) is 2.30. The number of hydrogen-bond donors (Lipinski definition) is 2. The van der Waals surface area contributed by atoms with Crippen molar-refractivity contribution in [1.29, 1.82) is 0 Å². The lowest BCUT2D eigenvalue weighted by atomic mass is 10.1. The number of halogens is 3. The van der Waals surface area contributed by atoms with Crippen molar-refractivity contribution in [1.82, 2.24) is 15.1 Å². The van der Waals surface area contributed by atoms with Crippen LogP contribution in [0.3, 0.4) is 0 Å². The zero-order valence-electron chi connectivity index (χ0n) is 16.9.